The molecule has 158 valence electrons. The maximum absolute atomic E-state index is 14.1. The second-order valence-corrected chi connectivity index (χ2v) is 6.82. The molecule has 0 spiro atoms. The Morgan fingerprint density at radius 3 is 2.31 bits per heavy atom. The van der Waals surface area contributed by atoms with E-state index in [1.807, 2.05) is 13.8 Å². The van der Waals surface area contributed by atoms with Gasteiger partial charge in [-0.1, -0.05) is 15.9 Å². The van der Waals surface area contributed by atoms with Gasteiger partial charge < -0.3 is 24.3 Å². The van der Waals surface area contributed by atoms with Crippen molar-refractivity contribution in [3.63, 3.8) is 0 Å². The largest absolute Gasteiger partial charge is 0.490 e. The first-order chi connectivity index (χ1) is 14.0. The highest BCUT2D eigenvalue weighted by Crippen LogP contribution is 2.34. The molecule has 0 bridgehead atoms. The van der Waals surface area contributed by atoms with Crippen LogP contribution >= 0.6 is 15.9 Å². The van der Waals surface area contributed by atoms with Crippen molar-refractivity contribution in [2.75, 3.05) is 38.9 Å². The molecule has 0 saturated heterocycles. The molecule has 6 nitrogen and oxygen atoms in total. The molecular formula is C21H25BrFNO5. The first-order valence-corrected chi connectivity index (χ1v) is 10.1. The number of anilines is 1. The molecule has 0 radical (unpaired) electrons. The minimum absolute atomic E-state index is 0.0841. The predicted octanol–water partition coefficient (Wildman–Crippen LogP) is 4.59. The Balaban J connectivity index is 2.06. The fourth-order valence-electron chi connectivity index (χ4n) is 2.56. The zero-order valence-corrected chi connectivity index (χ0v) is 18.3. The summed E-state index contributed by atoms with van der Waals surface area (Å²) < 4.78 is 36.2. The van der Waals surface area contributed by atoms with Crippen molar-refractivity contribution >= 4 is 27.5 Å². The van der Waals surface area contributed by atoms with E-state index >= 15 is 0 Å². The molecule has 1 amide bonds. The van der Waals surface area contributed by atoms with Gasteiger partial charge in [0.1, 0.15) is 6.61 Å². The number of methoxy groups -OCH3 is 1. The van der Waals surface area contributed by atoms with Crippen LogP contribution in [0.25, 0.3) is 0 Å². The van der Waals surface area contributed by atoms with Crippen molar-refractivity contribution < 1.29 is 28.1 Å². The molecule has 2 aromatic carbocycles. The van der Waals surface area contributed by atoms with Crippen molar-refractivity contribution in [1.29, 1.82) is 0 Å². The number of halogens is 2. The molecule has 0 aliphatic carbocycles. The Morgan fingerprint density at radius 1 is 1.00 bits per heavy atom. The van der Waals surface area contributed by atoms with Crippen molar-refractivity contribution in [1.82, 2.24) is 0 Å². The van der Waals surface area contributed by atoms with Gasteiger partial charge in [-0.15, -0.1) is 0 Å². The summed E-state index contributed by atoms with van der Waals surface area (Å²) in [6.07, 6.45) is 0.0841. The van der Waals surface area contributed by atoms with E-state index in [-0.39, 0.29) is 24.7 Å². The molecule has 0 atom stereocenters. The summed E-state index contributed by atoms with van der Waals surface area (Å²) in [4.78, 5) is 12.4. The monoisotopic (exact) mass is 469 g/mol. The van der Waals surface area contributed by atoms with Gasteiger partial charge in [0.05, 0.1) is 26.2 Å². The summed E-state index contributed by atoms with van der Waals surface area (Å²) in [5.41, 5.74) is 1.08. The molecular weight excluding hydrogens is 445 g/mol. The Bertz CT molecular complexity index is 831. The number of ether oxygens (including phenoxy) is 4. The standard InChI is InChI=1S/C21H25BrFNO5/c1-4-27-19-10-14(16(22)13-20(19)28-5-2)11-21(25)24-15-6-7-18(17(23)12-15)29-9-8-26-3/h6-7,10,12-13H,4-5,8-9,11H2,1-3H3,(H,24,25). The summed E-state index contributed by atoms with van der Waals surface area (Å²) in [7, 11) is 1.54. The highest BCUT2D eigenvalue weighted by atomic mass is 79.9. The van der Waals surface area contributed by atoms with Crippen LogP contribution in [-0.2, 0) is 16.0 Å². The average Bonchev–Trinajstić information content (AvgIpc) is 2.67. The summed E-state index contributed by atoms with van der Waals surface area (Å²) in [5.74, 6) is 0.445. The molecule has 2 aromatic rings. The Morgan fingerprint density at radius 2 is 1.69 bits per heavy atom. The van der Waals surface area contributed by atoms with Crippen LogP contribution in [0.15, 0.2) is 34.8 Å². The molecule has 8 heteroatoms. The molecule has 29 heavy (non-hydrogen) atoms. The summed E-state index contributed by atoms with van der Waals surface area (Å²) in [5, 5.41) is 2.69. The Kier molecular flexibility index (Phi) is 9.21. The predicted molar refractivity (Wildman–Crippen MR) is 113 cm³/mol. The lowest BCUT2D eigenvalue weighted by Gasteiger charge is -2.14. The fraction of sp³-hybridized carbons (Fsp3) is 0.381. The normalized spacial score (nSPS) is 10.5. The second kappa shape index (κ2) is 11.6. The highest BCUT2D eigenvalue weighted by Gasteiger charge is 2.14. The van der Waals surface area contributed by atoms with Crippen molar-refractivity contribution in [2.45, 2.75) is 20.3 Å². The smallest absolute Gasteiger partial charge is 0.228 e. The lowest BCUT2D eigenvalue weighted by Crippen LogP contribution is -2.15. The van der Waals surface area contributed by atoms with Crippen LogP contribution in [0.5, 0.6) is 17.2 Å². The first-order valence-electron chi connectivity index (χ1n) is 9.27. The third-order valence-corrected chi connectivity index (χ3v) is 4.56. The number of carbonyl (C=O) groups is 1. The number of carbonyl (C=O) groups excluding carboxylic acids is 1. The number of rotatable bonds is 11. The maximum Gasteiger partial charge on any atom is 0.228 e. The van der Waals surface area contributed by atoms with Gasteiger partial charge in [-0.05, 0) is 43.7 Å². The minimum Gasteiger partial charge on any atom is -0.490 e. The molecule has 0 fully saturated rings. The number of hydrogen-bond acceptors (Lipinski definition) is 5. The maximum atomic E-state index is 14.1. The number of hydrogen-bond donors (Lipinski definition) is 1. The lowest BCUT2D eigenvalue weighted by molar-refractivity contribution is -0.115. The van der Waals surface area contributed by atoms with Gasteiger partial charge in [0.2, 0.25) is 5.91 Å². The van der Waals surface area contributed by atoms with Crippen molar-refractivity contribution in [3.8, 4) is 17.2 Å². The van der Waals surface area contributed by atoms with E-state index in [0.29, 0.717) is 37.0 Å². The van der Waals surface area contributed by atoms with Crippen LogP contribution < -0.4 is 19.5 Å². The van der Waals surface area contributed by atoms with Crippen LogP contribution in [0.2, 0.25) is 0 Å². The van der Waals surface area contributed by atoms with E-state index in [0.717, 1.165) is 10.0 Å². The van der Waals surface area contributed by atoms with Gasteiger partial charge >= 0.3 is 0 Å². The first kappa shape index (κ1) is 23.0. The van der Waals surface area contributed by atoms with Crippen molar-refractivity contribution in [3.05, 3.63) is 46.2 Å². The molecule has 0 heterocycles. The second-order valence-electron chi connectivity index (χ2n) is 5.97. The summed E-state index contributed by atoms with van der Waals surface area (Å²) in [6.45, 7) is 5.35. The van der Waals surface area contributed by atoms with Gasteiger partial charge in [0.15, 0.2) is 23.1 Å². The number of amides is 1. The quantitative estimate of drug-likeness (QED) is 0.487. The third kappa shape index (κ3) is 6.90. The summed E-state index contributed by atoms with van der Waals surface area (Å²) in [6, 6.07) is 7.83. The van der Waals surface area contributed by atoms with Crippen LogP contribution in [0.3, 0.4) is 0 Å². The fourth-order valence-corrected chi connectivity index (χ4v) is 3.02. The molecule has 0 aliphatic rings. The zero-order valence-electron chi connectivity index (χ0n) is 16.7. The topological polar surface area (TPSA) is 66.0 Å². The molecule has 0 aromatic heterocycles. The Labute approximate surface area is 178 Å². The van der Waals surface area contributed by atoms with E-state index in [1.165, 1.54) is 12.1 Å². The molecule has 0 saturated carbocycles. The number of benzene rings is 2. The molecule has 2 rings (SSSR count). The van der Waals surface area contributed by atoms with Crippen LogP contribution in [-0.4, -0.2) is 39.4 Å². The van der Waals surface area contributed by atoms with Gasteiger partial charge in [-0.25, -0.2) is 4.39 Å². The van der Waals surface area contributed by atoms with E-state index in [4.69, 9.17) is 18.9 Å². The highest BCUT2D eigenvalue weighted by molar-refractivity contribution is 9.10. The average molecular weight is 470 g/mol. The molecule has 0 aliphatic heterocycles. The SMILES string of the molecule is CCOc1cc(Br)c(CC(=O)Nc2ccc(OCCOC)c(F)c2)cc1OCC. The van der Waals surface area contributed by atoms with Gasteiger partial charge in [-0.2, -0.15) is 0 Å². The van der Waals surface area contributed by atoms with Gasteiger partial charge in [0.25, 0.3) is 0 Å². The molecule has 1 N–H and O–H groups in total. The number of nitrogens with one attached hydrogen (secondary N) is 1. The Hall–Kier alpha value is -2.32. The van der Waals surface area contributed by atoms with E-state index < -0.39 is 5.82 Å². The van der Waals surface area contributed by atoms with Crippen LogP contribution in [0.1, 0.15) is 19.4 Å². The summed E-state index contributed by atoms with van der Waals surface area (Å²) >= 11 is 3.47. The van der Waals surface area contributed by atoms with E-state index in [1.54, 1.807) is 25.3 Å². The zero-order chi connectivity index (χ0) is 21.2. The van der Waals surface area contributed by atoms with Crippen molar-refractivity contribution in [2.24, 2.45) is 0 Å². The van der Waals surface area contributed by atoms with Crippen LogP contribution in [0, 0.1) is 5.82 Å². The van der Waals surface area contributed by atoms with Gasteiger partial charge in [0, 0.05) is 23.3 Å². The third-order valence-electron chi connectivity index (χ3n) is 3.82. The minimum atomic E-state index is -0.556. The lowest BCUT2D eigenvalue weighted by atomic mass is 10.1. The van der Waals surface area contributed by atoms with E-state index in [2.05, 4.69) is 21.2 Å². The van der Waals surface area contributed by atoms with E-state index in [9.17, 15) is 9.18 Å². The molecule has 0 unspecified atom stereocenters. The van der Waals surface area contributed by atoms with Crippen LogP contribution in [0.4, 0.5) is 10.1 Å². The van der Waals surface area contributed by atoms with Gasteiger partial charge in [-0.3, -0.25) is 4.79 Å².